The molecular formula is C20H20FN3O2. The molecule has 0 aliphatic carbocycles. The lowest BCUT2D eigenvalue weighted by Gasteiger charge is -2.22. The molecule has 0 unspecified atom stereocenters. The van der Waals surface area contributed by atoms with Gasteiger partial charge in [-0.1, -0.05) is 30.3 Å². The van der Waals surface area contributed by atoms with Crippen molar-refractivity contribution >= 4 is 5.91 Å². The summed E-state index contributed by atoms with van der Waals surface area (Å²) in [5, 5.41) is 2.95. The van der Waals surface area contributed by atoms with E-state index in [9.17, 15) is 9.18 Å². The van der Waals surface area contributed by atoms with Gasteiger partial charge in [0.05, 0.1) is 0 Å². The van der Waals surface area contributed by atoms with E-state index in [0.717, 1.165) is 5.56 Å². The van der Waals surface area contributed by atoms with E-state index >= 15 is 0 Å². The molecule has 1 N–H and O–H groups in total. The monoisotopic (exact) mass is 353 g/mol. The highest BCUT2D eigenvalue weighted by Crippen LogP contribution is 2.21. The van der Waals surface area contributed by atoms with Crippen molar-refractivity contribution in [3.8, 4) is 5.75 Å². The molecule has 3 aromatic rings. The molecule has 0 fully saturated rings. The van der Waals surface area contributed by atoms with E-state index in [-0.39, 0.29) is 11.7 Å². The van der Waals surface area contributed by atoms with Gasteiger partial charge < -0.3 is 14.6 Å². The minimum atomic E-state index is -0.694. The van der Waals surface area contributed by atoms with E-state index in [4.69, 9.17) is 4.74 Å². The molecule has 1 aromatic heterocycles. The van der Waals surface area contributed by atoms with E-state index < -0.39 is 12.1 Å². The number of carbonyl (C=O) groups excluding carboxylic acids is 1. The Bertz CT molecular complexity index is 862. The molecule has 0 aliphatic rings. The van der Waals surface area contributed by atoms with Gasteiger partial charge in [0.25, 0.3) is 5.91 Å². The van der Waals surface area contributed by atoms with Gasteiger partial charge in [0, 0.05) is 19.4 Å². The molecule has 0 saturated heterocycles. The molecule has 134 valence electrons. The number of aryl methyl sites for hydroxylation is 1. The molecule has 26 heavy (non-hydrogen) atoms. The summed E-state index contributed by atoms with van der Waals surface area (Å²) in [4.78, 5) is 17.0. The molecule has 0 spiro atoms. The van der Waals surface area contributed by atoms with Gasteiger partial charge in [-0.15, -0.1) is 0 Å². The number of aromatic nitrogens is 2. The Morgan fingerprint density at radius 2 is 1.85 bits per heavy atom. The van der Waals surface area contributed by atoms with Gasteiger partial charge in [0.1, 0.15) is 23.4 Å². The van der Waals surface area contributed by atoms with Gasteiger partial charge in [0.15, 0.2) is 6.10 Å². The Balaban J connectivity index is 1.80. The fraction of sp³-hybridized carbons (Fsp3) is 0.200. The number of benzene rings is 2. The minimum absolute atomic E-state index is 0.286. The highest BCUT2D eigenvalue weighted by atomic mass is 19.1. The second-order valence-electron chi connectivity index (χ2n) is 5.96. The topological polar surface area (TPSA) is 56.1 Å². The first kappa shape index (κ1) is 17.7. The van der Waals surface area contributed by atoms with Gasteiger partial charge in [-0.05, 0) is 36.8 Å². The first-order valence-corrected chi connectivity index (χ1v) is 8.29. The Hall–Kier alpha value is -3.15. The Morgan fingerprint density at radius 3 is 2.46 bits per heavy atom. The van der Waals surface area contributed by atoms with Crippen LogP contribution in [0.15, 0.2) is 67.0 Å². The van der Waals surface area contributed by atoms with Crippen molar-refractivity contribution in [1.82, 2.24) is 14.9 Å². The van der Waals surface area contributed by atoms with Crippen LogP contribution in [0, 0.1) is 5.82 Å². The van der Waals surface area contributed by atoms with Crippen molar-refractivity contribution in [2.45, 2.75) is 19.1 Å². The standard InChI is InChI=1S/C20H20FN3O2/c1-14(26-17-6-4-3-5-7-17)20(25)23-18(19-22-12-13-24(19)2)15-8-10-16(21)11-9-15/h3-14,18H,1-2H3,(H,23,25)/t14-,18+/m0/s1. The normalized spacial score (nSPS) is 13.0. The molecule has 2 aromatic carbocycles. The molecule has 0 bridgehead atoms. The summed E-state index contributed by atoms with van der Waals surface area (Å²) in [7, 11) is 1.84. The maximum absolute atomic E-state index is 13.3. The maximum Gasteiger partial charge on any atom is 0.261 e. The molecule has 1 amide bonds. The van der Waals surface area contributed by atoms with Gasteiger partial charge in [0.2, 0.25) is 0 Å². The van der Waals surface area contributed by atoms with Crippen LogP contribution >= 0.6 is 0 Å². The number of hydrogen-bond acceptors (Lipinski definition) is 3. The third kappa shape index (κ3) is 4.08. The van der Waals surface area contributed by atoms with Crippen LogP contribution in [0.4, 0.5) is 4.39 Å². The first-order valence-electron chi connectivity index (χ1n) is 8.29. The van der Waals surface area contributed by atoms with Crippen molar-refractivity contribution < 1.29 is 13.9 Å². The Kier molecular flexibility index (Phi) is 5.31. The number of para-hydroxylation sites is 1. The summed E-state index contributed by atoms with van der Waals surface area (Å²) in [6.45, 7) is 1.68. The van der Waals surface area contributed by atoms with E-state index in [2.05, 4.69) is 10.3 Å². The summed E-state index contributed by atoms with van der Waals surface area (Å²) in [5.41, 5.74) is 0.737. The SMILES string of the molecule is C[C@H](Oc1ccccc1)C(=O)N[C@H](c1ccc(F)cc1)c1nccn1C. The third-order valence-electron chi connectivity index (χ3n) is 4.03. The number of carbonyl (C=O) groups is 1. The highest BCUT2D eigenvalue weighted by Gasteiger charge is 2.24. The van der Waals surface area contributed by atoms with Crippen molar-refractivity contribution in [1.29, 1.82) is 0 Å². The number of hydrogen-bond donors (Lipinski definition) is 1. The lowest BCUT2D eigenvalue weighted by atomic mass is 10.1. The second-order valence-corrected chi connectivity index (χ2v) is 5.96. The lowest BCUT2D eigenvalue weighted by Crippen LogP contribution is -2.39. The van der Waals surface area contributed by atoms with Crippen LogP contribution in [0.25, 0.3) is 0 Å². The van der Waals surface area contributed by atoms with Crippen LogP contribution in [0.2, 0.25) is 0 Å². The molecule has 0 saturated carbocycles. The van der Waals surface area contributed by atoms with Crippen LogP contribution in [-0.4, -0.2) is 21.6 Å². The zero-order valence-electron chi connectivity index (χ0n) is 14.6. The fourth-order valence-corrected chi connectivity index (χ4v) is 2.62. The molecule has 0 radical (unpaired) electrons. The van der Waals surface area contributed by atoms with Crippen molar-refractivity contribution in [3.63, 3.8) is 0 Å². The van der Waals surface area contributed by atoms with E-state index in [1.54, 1.807) is 43.6 Å². The number of amides is 1. The van der Waals surface area contributed by atoms with Crippen LogP contribution in [0.5, 0.6) is 5.75 Å². The Labute approximate surface area is 151 Å². The highest BCUT2D eigenvalue weighted by molar-refractivity contribution is 5.81. The quantitative estimate of drug-likeness (QED) is 0.740. The fourth-order valence-electron chi connectivity index (χ4n) is 2.62. The second kappa shape index (κ2) is 7.82. The minimum Gasteiger partial charge on any atom is -0.481 e. The number of nitrogens with zero attached hydrogens (tertiary/aromatic N) is 2. The molecule has 5 nitrogen and oxygen atoms in total. The molecule has 3 rings (SSSR count). The summed E-state index contributed by atoms with van der Waals surface area (Å²) in [6, 6.07) is 14.6. The zero-order valence-corrected chi connectivity index (χ0v) is 14.6. The van der Waals surface area contributed by atoms with Crippen LogP contribution < -0.4 is 10.1 Å². The average molecular weight is 353 g/mol. The molecular weight excluding hydrogens is 333 g/mol. The predicted octanol–water partition coefficient (Wildman–Crippen LogP) is 3.23. The van der Waals surface area contributed by atoms with Crippen molar-refractivity contribution in [2.24, 2.45) is 7.05 Å². The molecule has 0 aliphatic heterocycles. The van der Waals surface area contributed by atoms with Crippen molar-refractivity contribution in [2.75, 3.05) is 0 Å². The summed E-state index contributed by atoms with van der Waals surface area (Å²) < 4.78 is 20.8. The smallest absolute Gasteiger partial charge is 0.261 e. The van der Waals surface area contributed by atoms with E-state index in [0.29, 0.717) is 11.6 Å². The van der Waals surface area contributed by atoms with Crippen LogP contribution in [-0.2, 0) is 11.8 Å². The van der Waals surface area contributed by atoms with Gasteiger partial charge in [-0.2, -0.15) is 0 Å². The number of ether oxygens (including phenoxy) is 1. The lowest BCUT2D eigenvalue weighted by molar-refractivity contribution is -0.127. The van der Waals surface area contributed by atoms with E-state index in [1.807, 2.05) is 29.8 Å². The van der Waals surface area contributed by atoms with Crippen LogP contribution in [0.3, 0.4) is 0 Å². The van der Waals surface area contributed by atoms with Gasteiger partial charge in [-0.3, -0.25) is 4.79 Å². The van der Waals surface area contributed by atoms with Gasteiger partial charge in [-0.25, -0.2) is 9.37 Å². The summed E-state index contributed by atoms with van der Waals surface area (Å²) in [6.07, 6.45) is 2.75. The summed E-state index contributed by atoms with van der Waals surface area (Å²) >= 11 is 0. The van der Waals surface area contributed by atoms with Crippen LogP contribution in [0.1, 0.15) is 24.4 Å². The third-order valence-corrected chi connectivity index (χ3v) is 4.03. The largest absolute Gasteiger partial charge is 0.481 e. The molecule has 1 heterocycles. The summed E-state index contributed by atoms with van der Waals surface area (Å²) in [5.74, 6) is 0.646. The van der Waals surface area contributed by atoms with E-state index in [1.165, 1.54) is 12.1 Å². The number of imidazole rings is 1. The molecule has 2 atom stereocenters. The number of nitrogens with one attached hydrogen (secondary N) is 1. The Morgan fingerprint density at radius 1 is 1.15 bits per heavy atom. The zero-order chi connectivity index (χ0) is 18.5. The number of rotatable bonds is 6. The predicted molar refractivity (Wildman–Crippen MR) is 96.1 cm³/mol. The number of halogens is 1. The average Bonchev–Trinajstić information content (AvgIpc) is 3.07. The van der Waals surface area contributed by atoms with Crippen molar-refractivity contribution in [3.05, 3.63) is 84.2 Å². The molecule has 6 heteroatoms. The first-order chi connectivity index (χ1) is 12.5. The maximum atomic E-state index is 13.3. The van der Waals surface area contributed by atoms with Gasteiger partial charge >= 0.3 is 0 Å².